The van der Waals surface area contributed by atoms with Crippen LogP contribution >= 0.6 is 0 Å². The zero-order valence-corrected chi connectivity index (χ0v) is 13.0. The van der Waals surface area contributed by atoms with Crippen LogP contribution in [0.4, 0.5) is 0 Å². The Morgan fingerprint density at radius 3 is 2.52 bits per heavy atom. The highest BCUT2D eigenvalue weighted by Gasteiger charge is 2.49. The Morgan fingerprint density at radius 2 is 1.95 bits per heavy atom. The summed E-state index contributed by atoms with van der Waals surface area (Å²) in [6.45, 7) is 6.99. The SMILES string of the molecule is CCCOc1ccc(C2NC(C)C(=O)N2C2CC2C)cc1. The molecule has 1 N–H and O–H groups in total. The standard InChI is InChI=1S/C17H24N2O2/c1-4-9-21-14-7-5-13(6-8-14)16-18-12(3)17(20)19(16)15-10-11(15)2/h5-8,11-12,15-16,18H,4,9-10H2,1-3H3. The summed E-state index contributed by atoms with van der Waals surface area (Å²) in [5.74, 6) is 1.74. The van der Waals surface area contributed by atoms with E-state index >= 15 is 0 Å². The minimum atomic E-state index is -0.0983. The summed E-state index contributed by atoms with van der Waals surface area (Å²) < 4.78 is 5.62. The number of benzene rings is 1. The van der Waals surface area contributed by atoms with Crippen LogP contribution in [0.1, 0.15) is 45.3 Å². The predicted octanol–water partition coefficient (Wildman–Crippen LogP) is 2.70. The molecule has 2 fully saturated rings. The molecule has 1 amide bonds. The molecule has 114 valence electrons. The number of hydrogen-bond donors (Lipinski definition) is 1. The zero-order valence-electron chi connectivity index (χ0n) is 13.0. The third-order valence-corrected chi connectivity index (χ3v) is 4.40. The summed E-state index contributed by atoms with van der Waals surface area (Å²) in [6, 6.07) is 8.42. The van der Waals surface area contributed by atoms with Crippen molar-refractivity contribution in [3.63, 3.8) is 0 Å². The average molecular weight is 288 g/mol. The van der Waals surface area contributed by atoms with Crippen LogP contribution in [0.3, 0.4) is 0 Å². The second-order valence-corrected chi connectivity index (χ2v) is 6.23. The Kier molecular flexibility index (Phi) is 3.89. The molecule has 0 aromatic heterocycles. The molecule has 1 saturated carbocycles. The quantitative estimate of drug-likeness (QED) is 0.906. The summed E-state index contributed by atoms with van der Waals surface area (Å²) >= 11 is 0. The zero-order chi connectivity index (χ0) is 15.0. The van der Waals surface area contributed by atoms with E-state index in [1.54, 1.807) is 0 Å². The lowest BCUT2D eigenvalue weighted by Gasteiger charge is -2.25. The van der Waals surface area contributed by atoms with Crippen molar-refractivity contribution >= 4 is 5.91 Å². The second-order valence-electron chi connectivity index (χ2n) is 6.23. The third-order valence-electron chi connectivity index (χ3n) is 4.40. The van der Waals surface area contributed by atoms with E-state index in [1.165, 1.54) is 0 Å². The first-order valence-corrected chi connectivity index (χ1v) is 7.92. The summed E-state index contributed by atoms with van der Waals surface area (Å²) in [7, 11) is 0. The van der Waals surface area contributed by atoms with Crippen LogP contribution in [0, 0.1) is 5.92 Å². The number of ether oxygens (including phenoxy) is 1. The first-order chi connectivity index (χ1) is 10.1. The maximum absolute atomic E-state index is 12.4. The van der Waals surface area contributed by atoms with Crippen LogP contribution in [-0.2, 0) is 4.79 Å². The molecule has 0 radical (unpaired) electrons. The van der Waals surface area contributed by atoms with Crippen molar-refractivity contribution < 1.29 is 9.53 Å². The van der Waals surface area contributed by atoms with Crippen LogP contribution in [0.5, 0.6) is 5.75 Å². The average Bonchev–Trinajstić information content (AvgIpc) is 3.13. The van der Waals surface area contributed by atoms with Gasteiger partial charge in [-0.3, -0.25) is 10.1 Å². The van der Waals surface area contributed by atoms with Crippen LogP contribution < -0.4 is 10.1 Å². The van der Waals surface area contributed by atoms with Crippen molar-refractivity contribution in [1.82, 2.24) is 10.2 Å². The summed E-state index contributed by atoms with van der Waals surface area (Å²) in [5.41, 5.74) is 1.13. The number of amides is 1. The Hall–Kier alpha value is -1.55. The van der Waals surface area contributed by atoms with Crippen LogP contribution in [-0.4, -0.2) is 29.5 Å². The molecule has 1 saturated heterocycles. The highest BCUT2D eigenvalue weighted by molar-refractivity contribution is 5.84. The van der Waals surface area contributed by atoms with E-state index in [9.17, 15) is 4.79 Å². The molecule has 3 rings (SSSR count). The topological polar surface area (TPSA) is 41.6 Å². The lowest BCUT2D eigenvalue weighted by molar-refractivity contribution is -0.130. The fourth-order valence-corrected chi connectivity index (χ4v) is 3.01. The molecule has 1 aliphatic carbocycles. The van der Waals surface area contributed by atoms with Gasteiger partial charge in [-0.05, 0) is 43.4 Å². The van der Waals surface area contributed by atoms with E-state index in [0.717, 1.165) is 30.8 Å². The van der Waals surface area contributed by atoms with Gasteiger partial charge in [0, 0.05) is 6.04 Å². The fourth-order valence-electron chi connectivity index (χ4n) is 3.01. The van der Waals surface area contributed by atoms with Crippen LogP contribution in [0.25, 0.3) is 0 Å². The molecule has 2 aliphatic rings. The molecule has 4 atom stereocenters. The van der Waals surface area contributed by atoms with E-state index < -0.39 is 0 Å². The first kappa shape index (κ1) is 14.4. The van der Waals surface area contributed by atoms with E-state index in [4.69, 9.17) is 4.74 Å². The predicted molar refractivity (Wildman–Crippen MR) is 82.0 cm³/mol. The molecule has 0 bridgehead atoms. The third kappa shape index (κ3) is 2.77. The maximum Gasteiger partial charge on any atom is 0.241 e. The van der Waals surface area contributed by atoms with Gasteiger partial charge in [0.2, 0.25) is 5.91 Å². The smallest absolute Gasteiger partial charge is 0.241 e. The summed E-state index contributed by atoms with van der Waals surface area (Å²) in [5, 5.41) is 3.41. The molecular weight excluding hydrogens is 264 g/mol. The van der Waals surface area contributed by atoms with Gasteiger partial charge in [0.15, 0.2) is 0 Å². The number of nitrogens with one attached hydrogen (secondary N) is 1. The number of hydrogen-bond acceptors (Lipinski definition) is 3. The van der Waals surface area contributed by atoms with Crippen LogP contribution in [0.15, 0.2) is 24.3 Å². The van der Waals surface area contributed by atoms with Gasteiger partial charge in [-0.2, -0.15) is 0 Å². The van der Waals surface area contributed by atoms with Crippen molar-refractivity contribution in [2.45, 2.75) is 51.9 Å². The number of carbonyl (C=O) groups is 1. The van der Waals surface area contributed by atoms with Crippen molar-refractivity contribution in [2.75, 3.05) is 6.61 Å². The Bertz CT molecular complexity index is 514. The Morgan fingerprint density at radius 1 is 1.29 bits per heavy atom. The molecule has 1 aromatic carbocycles. The van der Waals surface area contributed by atoms with Gasteiger partial charge in [-0.1, -0.05) is 26.0 Å². The normalized spacial score (nSPS) is 31.6. The summed E-state index contributed by atoms with van der Waals surface area (Å²) in [6.07, 6.45) is 2.13. The van der Waals surface area contributed by atoms with Gasteiger partial charge in [0.05, 0.1) is 12.6 Å². The molecule has 4 heteroatoms. The highest BCUT2D eigenvalue weighted by Crippen LogP contribution is 2.41. The first-order valence-electron chi connectivity index (χ1n) is 7.92. The molecule has 4 unspecified atom stereocenters. The van der Waals surface area contributed by atoms with Gasteiger partial charge in [0.25, 0.3) is 0 Å². The Labute approximate surface area is 126 Å². The monoisotopic (exact) mass is 288 g/mol. The molecular formula is C17H24N2O2. The second kappa shape index (κ2) is 5.68. The van der Waals surface area contributed by atoms with Crippen molar-refractivity contribution in [3.05, 3.63) is 29.8 Å². The highest BCUT2D eigenvalue weighted by atomic mass is 16.5. The molecule has 4 nitrogen and oxygen atoms in total. The lowest BCUT2D eigenvalue weighted by atomic mass is 10.1. The van der Waals surface area contributed by atoms with Crippen molar-refractivity contribution in [3.8, 4) is 5.75 Å². The number of rotatable bonds is 5. The molecule has 1 heterocycles. The van der Waals surface area contributed by atoms with Crippen LogP contribution in [0.2, 0.25) is 0 Å². The largest absolute Gasteiger partial charge is 0.494 e. The van der Waals surface area contributed by atoms with Gasteiger partial charge < -0.3 is 9.64 Å². The number of carbonyl (C=O) groups excluding carboxylic acids is 1. The van der Waals surface area contributed by atoms with Gasteiger partial charge in [-0.25, -0.2) is 0 Å². The minimum Gasteiger partial charge on any atom is -0.494 e. The van der Waals surface area contributed by atoms with Gasteiger partial charge >= 0.3 is 0 Å². The summed E-state index contributed by atoms with van der Waals surface area (Å²) in [4.78, 5) is 14.4. The van der Waals surface area contributed by atoms with Gasteiger partial charge in [0.1, 0.15) is 11.9 Å². The molecule has 0 spiro atoms. The van der Waals surface area contributed by atoms with Crippen molar-refractivity contribution in [2.24, 2.45) is 5.92 Å². The fraction of sp³-hybridized carbons (Fsp3) is 0.588. The van der Waals surface area contributed by atoms with Crippen molar-refractivity contribution in [1.29, 1.82) is 0 Å². The van der Waals surface area contributed by atoms with E-state index in [0.29, 0.717) is 12.0 Å². The van der Waals surface area contributed by atoms with E-state index in [1.807, 2.05) is 24.0 Å². The molecule has 1 aliphatic heterocycles. The molecule has 21 heavy (non-hydrogen) atoms. The number of nitrogens with zero attached hydrogens (tertiary/aromatic N) is 1. The maximum atomic E-state index is 12.4. The molecule has 1 aromatic rings. The Balaban J connectivity index is 1.76. The minimum absolute atomic E-state index is 0.00248. The lowest BCUT2D eigenvalue weighted by Crippen LogP contribution is -2.33. The van der Waals surface area contributed by atoms with Gasteiger partial charge in [-0.15, -0.1) is 0 Å². The van der Waals surface area contributed by atoms with E-state index in [-0.39, 0.29) is 18.1 Å². The van der Waals surface area contributed by atoms with E-state index in [2.05, 4.69) is 31.3 Å².